The molecule has 5 atom stereocenters. The molecule has 45 heavy (non-hydrogen) atoms. The zero-order valence-electron chi connectivity index (χ0n) is 26.5. The highest BCUT2D eigenvalue weighted by Gasteiger charge is 2.34. The molecule has 1 fully saturated rings. The normalized spacial score (nSPS) is 19.6. The summed E-state index contributed by atoms with van der Waals surface area (Å²) in [5, 5.41) is 26.3. The van der Waals surface area contributed by atoms with E-state index in [-0.39, 0.29) is 36.7 Å². The summed E-state index contributed by atoms with van der Waals surface area (Å²) < 4.78 is 13.0. The van der Waals surface area contributed by atoms with Gasteiger partial charge in [-0.25, -0.2) is 0 Å². The Labute approximate surface area is 266 Å². The van der Waals surface area contributed by atoms with E-state index in [4.69, 9.17) is 9.47 Å². The molecule has 1 aliphatic rings. The maximum Gasteiger partial charge on any atom is 0.224 e. The monoisotopic (exact) mass is 617 g/mol. The van der Waals surface area contributed by atoms with E-state index in [1.165, 1.54) is 6.92 Å². The lowest BCUT2D eigenvalue weighted by Crippen LogP contribution is -2.43. The molecule has 0 bridgehead atoms. The maximum atomic E-state index is 12.6. The van der Waals surface area contributed by atoms with E-state index in [0.29, 0.717) is 31.6 Å². The Morgan fingerprint density at radius 1 is 0.956 bits per heavy atom. The highest BCUT2D eigenvalue weighted by molar-refractivity contribution is 5.90. The molecule has 4 N–H and O–H groups in total. The van der Waals surface area contributed by atoms with Crippen molar-refractivity contribution < 1.29 is 29.3 Å². The summed E-state index contributed by atoms with van der Waals surface area (Å²) in [6.45, 7) is 4.68. The smallest absolute Gasteiger partial charge is 0.224 e. The number of anilines is 1. The van der Waals surface area contributed by atoms with Crippen LogP contribution >= 0.6 is 0 Å². The number of nitrogens with zero attached hydrogens (tertiary/aromatic N) is 1. The third-order valence-electron chi connectivity index (χ3n) is 8.30. The molecule has 1 saturated heterocycles. The highest BCUT2D eigenvalue weighted by atomic mass is 16.7. The molecule has 0 aromatic heterocycles. The molecule has 0 spiro atoms. The molecule has 9 heteroatoms. The minimum atomic E-state index is -0.667. The van der Waals surface area contributed by atoms with E-state index < -0.39 is 12.4 Å². The van der Waals surface area contributed by atoms with Gasteiger partial charge in [-0.2, -0.15) is 0 Å². The molecule has 1 aliphatic heterocycles. The van der Waals surface area contributed by atoms with Gasteiger partial charge in [0, 0.05) is 50.1 Å². The lowest BCUT2D eigenvalue weighted by molar-refractivity contribution is -0.253. The van der Waals surface area contributed by atoms with Gasteiger partial charge >= 0.3 is 0 Å². The minimum Gasteiger partial charge on any atom is -0.392 e. The minimum absolute atomic E-state index is 0.0256. The summed E-state index contributed by atoms with van der Waals surface area (Å²) in [6, 6.07) is 24.8. The zero-order valence-corrected chi connectivity index (χ0v) is 26.5. The van der Waals surface area contributed by atoms with Gasteiger partial charge in [0.25, 0.3) is 0 Å². The Balaban J connectivity index is 1.43. The van der Waals surface area contributed by atoms with Gasteiger partial charge in [0.05, 0.1) is 24.9 Å². The standard InChI is InChI=1S/C36H47N3O6/c1-25(35(43)29-11-6-4-7-12-29)39(3)23-32-22-33(28-18-16-27(24-40)17-19-28)45-36(44-32)30-13-10-14-31(21-30)38-34(42)15-8-5-9-20-37-26(2)41/h4,6-7,10-14,16-19,21,25,32-33,35-36,40,43H,5,8-9,15,20,22-24H2,1-3H3,(H,37,41)(H,38,42)/t25-,32-,33+,35-,36+/m0/s1. The van der Waals surface area contributed by atoms with Crippen molar-refractivity contribution in [3.63, 3.8) is 0 Å². The van der Waals surface area contributed by atoms with Crippen LogP contribution in [0.2, 0.25) is 0 Å². The predicted molar refractivity (Wildman–Crippen MR) is 174 cm³/mol. The fourth-order valence-corrected chi connectivity index (χ4v) is 5.53. The molecular weight excluding hydrogens is 570 g/mol. The lowest BCUT2D eigenvalue weighted by atomic mass is 9.98. The molecule has 4 rings (SSSR count). The van der Waals surface area contributed by atoms with Crippen molar-refractivity contribution >= 4 is 17.5 Å². The van der Waals surface area contributed by atoms with Crippen molar-refractivity contribution in [2.45, 2.75) is 83.2 Å². The second-order valence-corrected chi connectivity index (χ2v) is 11.9. The van der Waals surface area contributed by atoms with Gasteiger partial charge in [0.15, 0.2) is 6.29 Å². The molecule has 0 radical (unpaired) electrons. The number of unbranched alkanes of at least 4 members (excludes halogenated alkanes) is 2. The second kappa shape index (κ2) is 17.2. The van der Waals surface area contributed by atoms with Crippen molar-refractivity contribution in [2.24, 2.45) is 0 Å². The van der Waals surface area contributed by atoms with E-state index in [1.54, 1.807) is 0 Å². The molecule has 0 aliphatic carbocycles. The first-order chi connectivity index (χ1) is 21.7. The molecule has 2 amide bonds. The Bertz CT molecular complexity index is 1350. The average molecular weight is 618 g/mol. The Morgan fingerprint density at radius 3 is 2.42 bits per heavy atom. The van der Waals surface area contributed by atoms with Crippen LogP contribution in [-0.4, -0.2) is 59.2 Å². The Morgan fingerprint density at radius 2 is 1.71 bits per heavy atom. The largest absolute Gasteiger partial charge is 0.392 e. The summed E-state index contributed by atoms with van der Waals surface area (Å²) in [5.41, 5.74) is 4.16. The van der Waals surface area contributed by atoms with Crippen LogP contribution in [0.25, 0.3) is 0 Å². The van der Waals surface area contributed by atoms with E-state index in [9.17, 15) is 19.8 Å². The van der Waals surface area contributed by atoms with Crippen molar-refractivity contribution in [1.82, 2.24) is 10.2 Å². The number of rotatable bonds is 15. The van der Waals surface area contributed by atoms with E-state index in [1.807, 2.05) is 92.8 Å². The van der Waals surface area contributed by atoms with Crippen molar-refractivity contribution in [2.75, 3.05) is 25.5 Å². The van der Waals surface area contributed by atoms with E-state index in [0.717, 1.165) is 41.5 Å². The number of hydrogen-bond acceptors (Lipinski definition) is 7. The van der Waals surface area contributed by atoms with Crippen LogP contribution < -0.4 is 10.6 Å². The van der Waals surface area contributed by atoms with Gasteiger partial charge in [-0.3, -0.25) is 14.5 Å². The number of nitrogens with one attached hydrogen (secondary N) is 2. The third-order valence-corrected chi connectivity index (χ3v) is 8.30. The van der Waals surface area contributed by atoms with Crippen molar-refractivity contribution in [3.8, 4) is 0 Å². The fraction of sp³-hybridized carbons (Fsp3) is 0.444. The summed E-state index contributed by atoms with van der Waals surface area (Å²) in [6.07, 6.45) is 1.68. The van der Waals surface area contributed by atoms with Crippen LogP contribution in [0, 0.1) is 0 Å². The predicted octanol–water partition coefficient (Wildman–Crippen LogP) is 5.41. The molecular formula is C36H47N3O6. The van der Waals surface area contributed by atoms with E-state index >= 15 is 0 Å². The highest BCUT2D eigenvalue weighted by Crippen LogP contribution is 2.39. The number of aliphatic hydroxyl groups is 2. The van der Waals surface area contributed by atoms with Crippen LogP contribution in [0.4, 0.5) is 5.69 Å². The summed E-state index contributed by atoms with van der Waals surface area (Å²) in [5.74, 6) is -0.108. The number of amides is 2. The van der Waals surface area contributed by atoms with Crippen LogP contribution in [0.1, 0.15) is 86.7 Å². The quantitative estimate of drug-likeness (QED) is 0.168. The van der Waals surface area contributed by atoms with Crippen LogP contribution in [0.5, 0.6) is 0 Å². The molecule has 0 unspecified atom stereocenters. The molecule has 242 valence electrons. The van der Waals surface area contributed by atoms with Crippen molar-refractivity contribution in [1.29, 1.82) is 0 Å². The molecule has 0 saturated carbocycles. The number of hydrogen-bond donors (Lipinski definition) is 4. The van der Waals surface area contributed by atoms with Crippen molar-refractivity contribution in [3.05, 3.63) is 101 Å². The molecule has 9 nitrogen and oxygen atoms in total. The van der Waals surface area contributed by atoms with Crippen LogP contribution in [-0.2, 0) is 25.7 Å². The lowest BCUT2D eigenvalue weighted by Gasteiger charge is -2.39. The molecule has 3 aromatic carbocycles. The topological polar surface area (TPSA) is 120 Å². The number of aliphatic hydroxyl groups excluding tert-OH is 2. The molecule has 3 aromatic rings. The van der Waals surface area contributed by atoms with Gasteiger partial charge in [-0.1, -0.05) is 73.2 Å². The third kappa shape index (κ3) is 10.5. The Kier molecular flexibility index (Phi) is 13.1. The number of carbonyl (C=O) groups excluding carboxylic acids is 2. The van der Waals surface area contributed by atoms with Crippen LogP contribution in [0.3, 0.4) is 0 Å². The second-order valence-electron chi connectivity index (χ2n) is 11.9. The Hall–Kier alpha value is -3.60. The van der Waals surface area contributed by atoms with Gasteiger partial charge in [0.1, 0.15) is 0 Å². The first-order valence-corrected chi connectivity index (χ1v) is 15.8. The fourth-order valence-electron chi connectivity index (χ4n) is 5.53. The van der Waals surface area contributed by atoms with E-state index in [2.05, 4.69) is 15.5 Å². The van der Waals surface area contributed by atoms with Gasteiger partial charge < -0.3 is 30.3 Å². The number of ether oxygens (including phenoxy) is 2. The molecule has 1 heterocycles. The number of likely N-dealkylation sites (N-methyl/N-ethyl adjacent to an activating group) is 1. The summed E-state index contributed by atoms with van der Waals surface area (Å²) in [7, 11) is 1.99. The van der Waals surface area contributed by atoms with Crippen LogP contribution in [0.15, 0.2) is 78.9 Å². The number of carbonyl (C=O) groups is 2. The summed E-state index contributed by atoms with van der Waals surface area (Å²) >= 11 is 0. The van der Waals surface area contributed by atoms with Gasteiger partial charge in [-0.15, -0.1) is 0 Å². The first-order valence-electron chi connectivity index (χ1n) is 15.8. The van der Waals surface area contributed by atoms with Gasteiger partial charge in [0.2, 0.25) is 11.8 Å². The summed E-state index contributed by atoms with van der Waals surface area (Å²) in [4.78, 5) is 25.7. The maximum absolute atomic E-state index is 12.6. The van der Waals surface area contributed by atoms with Gasteiger partial charge in [-0.05, 0) is 55.6 Å². The zero-order chi connectivity index (χ0) is 32.2. The average Bonchev–Trinajstić information content (AvgIpc) is 3.06. The number of benzene rings is 3. The SMILES string of the molecule is CC(=O)NCCCCCC(=O)Nc1cccc([C@@H]2O[C@H](CN(C)[C@@H](C)[C@H](O)c3ccccc3)C[C@H](c3ccc(CO)cc3)O2)c1. The first kappa shape index (κ1) is 34.3.